The van der Waals surface area contributed by atoms with Gasteiger partial charge in [-0.25, -0.2) is 4.98 Å². The Morgan fingerprint density at radius 1 is 1.00 bits per heavy atom. The largest absolute Gasteiger partial charge is 0.369 e. The molecule has 1 aromatic heterocycles. The van der Waals surface area contributed by atoms with Gasteiger partial charge in [-0.3, -0.25) is 4.79 Å². The number of aliphatic hydroxyl groups excluding tert-OH is 1. The standard InChI is InChI=1S/C21H20N2O2/c24-20-17-12-14-11-10-13-6-4-5-9-16(13)18(14)22-19(17)21(25)23(20)15-7-2-1-3-8-15/h4-6,9-12,15,20,24H,1-3,7-8H2/t20-/m1/s1. The summed E-state index contributed by atoms with van der Waals surface area (Å²) in [6.45, 7) is 0. The lowest BCUT2D eigenvalue weighted by Crippen LogP contribution is -2.39. The highest BCUT2D eigenvalue weighted by Crippen LogP contribution is 2.38. The van der Waals surface area contributed by atoms with E-state index in [4.69, 9.17) is 4.98 Å². The van der Waals surface area contributed by atoms with E-state index in [0.717, 1.165) is 47.4 Å². The van der Waals surface area contributed by atoms with E-state index in [2.05, 4.69) is 12.1 Å². The zero-order chi connectivity index (χ0) is 17.0. The number of pyridine rings is 1. The van der Waals surface area contributed by atoms with Gasteiger partial charge in [-0.15, -0.1) is 0 Å². The second-order valence-corrected chi connectivity index (χ2v) is 7.16. The summed E-state index contributed by atoms with van der Waals surface area (Å²) in [4.78, 5) is 19.4. The van der Waals surface area contributed by atoms with Gasteiger partial charge in [-0.05, 0) is 24.3 Å². The first-order chi connectivity index (χ1) is 12.2. The van der Waals surface area contributed by atoms with Crippen LogP contribution < -0.4 is 0 Å². The first kappa shape index (κ1) is 14.8. The Morgan fingerprint density at radius 3 is 2.60 bits per heavy atom. The number of fused-ring (bicyclic) bond motifs is 4. The van der Waals surface area contributed by atoms with E-state index in [1.807, 2.05) is 30.3 Å². The van der Waals surface area contributed by atoms with Crippen molar-refractivity contribution >= 4 is 27.6 Å². The van der Waals surface area contributed by atoms with Crippen LogP contribution in [0.15, 0.2) is 42.5 Å². The molecule has 1 fully saturated rings. The molecule has 0 saturated heterocycles. The average Bonchev–Trinajstić information content (AvgIpc) is 2.91. The van der Waals surface area contributed by atoms with E-state index in [1.54, 1.807) is 4.90 Å². The smallest absolute Gasteiger partial charge is 0.275 e. The molecule has 2 aromatic carbocycles. The van der Waals surface area contributed by atoms with E-state index in [-0.39, 0.29) is 11.9 Å². The van der Waals surface area contributed by atoms with E-state index < -0.39 is 6.23 Å². The molecule has 1 aliphatic carbocycles. The Balaban J connectivity index is 1.67. The van der Waals surface area contributed by atoms with Crippen LogP contribution in [0, 0.1) is 0 Å². The highest BCUT2D eigenvalue weighted by atomic mass is 16.3. The molecular weight excluding hydrogens is 312 g/mol. The van der Waals surface area contributed by atoms with E-state index in [1.165, 1.54) is 6.42 Å². The Morgan fingerprint density at radius 2 is 1.76 bits per heavy atom. The molecule has 1 aliphatic heterocycles. The maximum Gasteiger partial charge on any atom is 0.275 e. The molecule has 2 aliphatic rings. The van der Waals surface area contributed by atoms with Crippen LogP contribution >= 0.6 is 0 Å². The van der Waals surface area contributed by atoms with Crippen molar-refractivity contribution < 1.29 is 9.90 Å². The van der Waals surface area contributed by atoms with Gasteiger partial charge in [0, 0.05) is 22.4 Å². The number of benzene rings is 2. The lowest BCUT2D eigenvalue weighted by atomic mass is 9.94. The number of aliphatic hydroxyl groups is 1. The van der Waals surface area contributed by atoms with Crippen LogP contribution in [0.25, 0.3) is 21.7 Å². The number of carbonyl (C=O) groups is 1. The average molecular weight is 332 g/mol. The van der Waals surface area contributed by atoms with Crippen LogP contribution in [0.4, 0.5) is 0 Å². The molecule has 3 aromatic rings. The van der Waals surface area contributed by atoms with Crippen molar-refractivity contribution in [2.75, 3.05) is 0 Å². The van der Waals surface area contributed by atoms with Crippen LogP contribution in [-0.4, -0.2) is 26.9 Å². The van der Waals surface area contributed by atoms with Crippen LogP contribution in [0.2, 0.25) is 0 Å². The zero-order valence-corrected chi connectivity index (χ0v) is 14.0. The van der Waals surface area contributed by atoms with Gasteiger partial charge in [0.2, 0.25) is 0 Å². The molecule has 25 heavy (non-hydrogen) atoms. The second-order valence-electron chi connectivity index (χ2n) is 7.16. The first-order valence-electron chi connectivity index (χ1n) is 9.07. The molecule has 4 heteroatoms. The van der Waals surface area contributed by atoms with E-state index in [9.17, 15) is 9.90 Å². The van der Waals surface area contributed by atoms with Crippen molar-refractivity contribution in [2.24, 2.45) is 0 Å². The number of rotatable bonds is 1. The van der Waals surface area contributed by atoms with Gasteiger partial charge in [0.15, 0.2) is 6.23 Å². The van der Waals surface area contributed by atoms with E-state index in [0.29, 0.717) is 11.3 Å². The molecule has 0 radical (unpaired) electrons. The minimum atomic E-state index is -0.867. The number of hydrogen-bond acceptors (Lipinski definition) is 3. The number of aromatic nitrogens is 1. The van der Waals surface area contributed by atoms with Crippen molar-refractivity contribution in [3.8, 4) is 0 Å². The summed E-state index contributed by atoms with van der Waals surface area (Å²) in [5.41, 5.74) is 1.91. The molecular formula is C21H20N2O2. The first-order valence-corrected chi connectivity index (χ1v) is 9.07. The fourth-order valence-electron chi connectivity index (χ4n) is 4.40. The minimum Gasteiger partial charge on any atom is -0.369 e. The topological polar surface area (TPSA) is 53.4 Å². The third-order valence-corrected chi connectivity index (χ3v) is 5.69. The van der Waals surface area contributed by atoms with Gasteiger partial charge in [-0.2, -0.15) is 0 Å². The Kier molecular flexibility index (Phi) is 3.28. The Bertz CT molecular complexity index is 992. The molecule has 1 amide bonds. The number of amides is 1. The lowest BCUT2D eigenvalue weighted by molar-refractivity contribution is -0.0107. The molecule has 5 rings (SSSR count). The number of nitrogens with zero attached hydrogens (tertiary/aromatic N) is 2. The van der Waals surface area contributed by atoms with Crippen molar-refractivity contribution in [2.45, 2.75) is 44.4 Å². The molecule has 1 atom stereocenters. The van der Waals surface area contributed by atoms with Crippen LogP contribution in [0.1, 0.15) is 54.4 Å². The molecule has 126 valence electrons. The molecule has 2 heterocycles. The third-order valence-electron chi connectivity index (χ3n) is 5.69. The fraction of sp³-hybridized carbons (Fsp3) is 0.333. The number of carbonyl (C=O) groups excluding carboxylic acids is 1. The molecule has 0 bridgehead atoms. The molecule has 4 nitrogen and oxygen atoms in total. The monoisotopic (exact) mass is 332 g/mol. The van der Waals surface area contributed by atoms with E-state index >= 15 is 0 Å². The van der Waals surface area contributed by atoms with Crippen LogP contribution in [-0.2, 0) is 0 Å². The third kappa shape index (κ3) is 2.17. The van der Waals surface area contributed by atoms with Crippen molar-refractivity contribution in [3.63, 3.8) is 0 Å². The Labute approximate surface area is 146 Å². The number of hydrogen-bond donors (Lipinski definition) is 1. The SMILES string of the molecule is O=C1c2nc3c(ccc4ccccc43)cc2[C@@H](O)N1C1CCCCC1. The lowest BCUT2D eigenvalue weighted by Gasteiger charge is -2.33. The second kappa shape index (κ2) is 5.53. The van der Waals surface area contributed by atoms with Crippen LogP contribution in [0.3, 0.4) is 0 Å². The maximum absolute atomic E-state index is 13.0. The summed E-state index contributed by atoms with van der Waals surface area (Å²) in [5.74, 6) is -0.121. The van der Waals surface area contributed by atoms with Crippen molar-refractivity contribution in [1.29, 1.82) is 0 Å². The maximum atomic E-state index is 13.0. The highest BCUT2D eigenvalue weighted by Gasteiger charge is 2.41. The van der Waals surface area contributed by atoms with Gasteiger partial charge < -0.3 is 10.0 Å². The molecule has 0 unspecified atom stereocenters. The highest BCUT2D eigenvalue weighted by molar-refractivity contribution is 6.08. The summed E-state index contributed by atoms with van der Waals surface area (Å²) >= 11 is 0. The predicted octanol–water partition coefficient (Wildman–Crippen LogP) is 4.17. The predicted molar refractivity (Wildman–Crippen MR) is 97.3 cm³/mol. The van der Waals surface area contributed by atoms with Gasteiger partial charge in [0.05, 0.1) is 5.52 Å². The van der Waals surface area contributed by atoms with Gasteiger partial charge in [-0.1, -0.05) is 55.7 Å². The minimum absolute atomic E-state index is 0.121. The van der Waals surface area contributed by atoms with Crippen molar-refractivity contribution in [3.05, 3.63) is 53.7 Å². The van der Waals surface area contributed by atoms with Gasteiger partial charge in [0.1, 0.15) is 5.69 Å². The van der Waals surface area contributed by atoms with Gasteiger partial charge in [0.25, 0.3) is 5.91 Å². The normalized spacial score (nSPS) is 21.2. The summed E-state index contributed by atoms with van der Waals surface area (Å²) in [5, 5.41) is 13.9. The van der Waals surface area contributed by atoms with Crippen LogP contribution in [0.5, 0.6) is 0 Å². The summed E-state index contributed by atoms with van der Waals surface area (Å²) in [6, 6.07) is 14.2. The molecule has 0 spiro atoms. The zero-order valence-electron chi connectivity index (χ0n) is 14.0. The van der Waals surface area contributed by atoms with Crippen molar-refractivity contribution in [1.82, 2.24) is 9.88 Å². The van der Waals surface area contributed by atoms with Gasteiger partial charge >= 0.3 is 0 Å². The quantitative estimate of drug-likeness (QED) is 0.681. The summed E-state index contributed by atoms with van der Waals surface area (Å²) < 4.78 is 0. The molecule has 1 N–H and O–H groups in total. The molecule has 1 saturated carbocycles. The Hall–Kier alpha value is -2.46. The fourth-order valence-corrected chi connectivity index (χ4v) is 4.40. The summed E-state index contributed by atoms with van der Waals surface area (Å²) in [7, 11) is 0. The summed E-state index contributed by atoms with van der Waals surface area (Å²) in [6.07, 6.45) is 4.54.